The van der Waals surface area contributed by atoms with Crippen molar-refractivity contribution in [1.82, 2.24) is 14.3 Å². The molecule has 25 heavy (non-hydrogen) atoms. The molecule has 5 nitrogen and oxygen atoms in total. The minimum atomic E-state index is -3.44. The Morgan fingerprint density at radius 3 is 2.28 bits per heavy atom. The van der Waals surface area contributed by atoms with Crippen molar-refractivity contribution in [3.05, 3.63) is 35.9 Å². The molecule has 1 saturated heterocycles. The van der Waals surface area contributed by atoms with E-state index in [-0.39, 0.29) is 11.6 Å². The molecule has 0 saturated carbocycles. The Balaban J connectivity index is 1.94. The van der Waals surface area contributed by atoms with Gasteiger partial charge in [-0.1, -0.05) is 44.2 Å². The van der Waals surface area contributed by atoms with Gasteiger partial charge >= 0.3 is 0 Å². The Morgan fingerprint density at radius 2 is 1.72 bits per heavy atom. The molecule has 142 valence electrons. The molecule has 0 aliphatic carbocycles. The first kappa shape index (κ1) is 20.4. The predicted molar refractivity (Wildman–Crippen MR) is 104 cm³/mol. The van der Waals surface area contributed by atoms with Crippen LogP contribution in [0.3, 0.4) is 0 Å². The molecule has 0 spiro atoms. The van der Waals surface area contributed by atoms with Crippen molar-refractivity contribution in [1.29, 1.82) is 0 Å². The van der Waals surface area contributed by atoms with E-state index in [2.05, 4.69) is 42.9 Å². The van der Waals surface area contributed by atoms with E-state index in [1.54, 1.807) is 4.31 Å². The maximum atomic E-state index is 12.7. The second kappa shape index (κ2) is 8.16. The number of benzene rings is 1. The fourth-order valence-corrected chi connectivity index (χ4v) is 5.25. The Morgan fingerprint density at radius 1 is 1.16 bits per heavy atom. The van der Waals surface area contributed by atoms with E-state index in [0.717, 1.165) is 6.42 Å². The van der Waals surface area contributed by atoms with Crippen LogP contribution in [-0.2, 0) is 10.2 Å². The summed E-state index contributed by atoms with van der Waals surface area (Å²) in [5.41, 5.74) is 0.840. The summed E-state index contributed by atoms with van der Waals surface area (Å²) in [5, 5.41) is 3.52. The quantitative estimate of drug-likeness (QED) is 0.779. The van der Waals surface area contributed by atoms with Crippen LogP contribution in [0.4, 0.5) is 0 Å². The third kappa shape index (κ3) is 6.06. The molecule has 0 amide bonds. The van der Waals surface area contributed by atoms with Crippen molar-refractivity contribution >= 4 is 10.2 Å². The number of nitrogens with one attached hydrogen (secondary N) is 2. The van der Waals surface area contributed by atoms with E-state index in [9.17, 15) is 8.42 Å². The first-order valence-corrected chi connectivity index (χ1v) is 10.6. The van der Waals surface area contributed by atoms with Gasteiger partial charge in [-0.25, -0.2) is 4.72 Å². The molecule has 1 aliphatic heterocycles. The number of piperidine rings is 1. The first-order chi connectivity index (χ1) is 11.6. The highest BCUT2D eigenvalue weighted by atomic mass is 32.2. The molecule has 1 aromatic rings. The molecule has 0 radical (unpaired) electrons. The number of hydrogen-bond donors (Lipinski definition) is 2. The van der Waals surface area contributed by atoms with Gasteiger partial charge in [0.15, 0.2) is 0 Å². The Labute approximate surface area is 153 Å². The van der Waals surface area contributed by atoms with Gasteiger partial charge < -0.3 is 5.32 Å². The van der Waals surface area contributed by atoms with E-state index >= 15 is 0 Å². The Bertz CT molecular complexity index is 636. The van der Waals surface area contributed by atoms with E-state index in [1.165, 1.54) is 5.56 Å². The number of rotatable bonds is 7. The standard InChI is InChI=1S/C19H33N3O2S/c1-15-11-16(2)13-22(12-15)25(23,24)20-14-19(4,5)21-17(3)18-9-7-6-8-10-18/h6-10,15-17,20-21H,11-14H2,1-5H3. The van der Waals surface area contributed by atoms with Crippen molar-refractivity contribution < 1.29 is 8.42 Å². The van der Waals surface area contributed by atoms with Crippen LogP contribution >= 0.6 is 0 Å². The first-order valence-electron chi connectivity index (χ1n) is 9.16. The largest absolute Gasteiger partial charge is 0.304 e. The average Bonchev–Trinajstić information content (AvgIpc) is 2.53. The molecule has 1 heterocycles. The normalized spacial score (nSPS) is 24.2. The third-order valence-electron chi connectivity index (χ3n) is 4.78. The van der Waals surface area contributed by atoms with Crippen LogP contribution in [0.1, 0.15) is 52.6 Å². The molecule has 1 fully saturated rings. The van der Waals surface area contributed by atoms with Crippen LogP contribution in [0.5, 0.6) is 0 Å². The lowest BCUT2D eigenvalue weighted by Crippen LogP contribution is -2.54. The number of nitrogens with zero attached hydrogens (tertiary/aromatic N) is 1. The van der Waals surface area contributed by atoms with Crippen LogP contribution in [0.2, 0.25) is 0 Å². The van der Waals surface area contributed by atoms with Crippen molar-refractivity contribution in [2.75, 3.05) is 19.6 Å². The zero-order chi connectivity index (χ0) is 18.7. The summed E-state index contributed by atoms with van der Waals surface area (Å²) in [6.45, 7) is 11.9. The highest BCUT2D eigenvalue weighted by Crippen LogP contribution is 2.23. The van der Waals surface area contributed by atoms with Crippen LogP contribution < -0.4 is 10.0 Å². The summed E-state index contributed by atoms with van der Waals surface area (Å²) in [4.78, 5) is 0. The van der Waals surface area contributed by atoms with Crippen molar-refractivity contribution in [3.63, 3.8) is 0 Å². The van der Waals surface area contributed by atoms with Gasteiger partial charge in [-0.05, 0) is 44.6 Å². The minimum Gasteiger partial charge on any atom is -0.304 e. The van der Waals surface area contributed by atoms with Crippen molar-refractivity contribution in [2.24, 2.45) is 11.8 Å². The molecular weight excluding hydrogens is 334 g/mol. The lowest BCUT2D eigenvalue weighted by molar-refractivity contribution is 0.219. The minimum absolute atomic E-state index is 0.149. The lowest BCUT2D eigenvalue weighted by atomic mass is 9.94. The van der Waals surface area contributed by atoms with Gasteiger partial charge in [0.1, 0.15) is 0 Å². The Hall–Kier alpha value is -0.950. The predicted octanol–water partition coefficient (Wildman–Crippen LogP) is 2.93. The van der Waals surface area contributed by atoms with Crippen LogP contribution in [-0.4, -0.2) is 37.9 Å². The topological polar surface area (TPSA) is 61.4 Å². The lowest BCUT2D eigenvalue weighted by Gasteiger charge is -2.36. The molecule has 2 N–H and O–H groups in total. The highest BCUT2D eigenvalue weighted by molar-refractivity contribution is 7.87. The summed E-state index contributed by atoms with van der Waals surface area (Å²) in [7, 11) is -3.44. The molecule has 3 unspecified atom stereocenters. The average molecular weight is 368 g/mol. The second-order valence-electron chi connectivity index (χ2n) is 8.25. The van der Waals surface area contributed by atoms with Crippen LogP contribution in [0.15, 0.2) is 30.3 Å². The van der Waals surface area contributed by atoms with Gasteiger partial charge in [-0.2, -0.15) is 12.7 Å². The summed E-state index contributed by atoms with van der Waals surface area (Å²) in [6.07, 6.45) is 1.09. The molecular formula is C19H33N3O2S. The van der Waals surface area contributed by atoms with E-state index in [0.29, 0.717) is 31.5 Å². The monoisotopic (exact) mass is 367 g/mol. The van der Waals surface area contributed by atoms with E-state index in [1.807, 2.05) is 32.0 Å². The van der Waals surface area contributed by atoms with Gasteiger partial charge in [-0.3, -0.25) is 0 Å². The molecule has 6 heteroatoms. The molecule has 0 aromatic heterocycles. The van der Waals surface area contributed by atoms with Crippen molar-refractivity contribution in [2.45, 2.75) is 52.6 Å². The second-order valence-corrected chi connectivity index (χ2v) is 10.0. The van der Waals surface area contributed by atoms with Gasteiger partial charge in [0, 0.05) is 31.2 Å². The summed E-state index contributed by atoms with van der Waals surface area (Å²) >= 11 is 0. The summed E-state index contributed by atoms with van der Waals surface area (Å²) in [5.74, 6) is 0.814. The van der Waals surface area contributed by atoms with Gasteiger partial charge in [-0.15, -0.1) is 0 Å². The maximum Gasteiger partial charge on any atom is 0.279 e. The van der Waals surface area contributed by atoms with Crippen molar-refractivity contribution in [3.8, 4) is 0 Å². The fourth-order valence-electron chi connectivity index (χ4n) is 3.63. The summed E-state index contributed by atoms with van der Waals surface area (Å²) < 4.78 is 29.7. The SMILES string of the molecule is CC1CC(C)CN(S(=O)(=O)NCC(C)(C)NC(C)c2ccccc2)C1. The van der Waals surface area contributed by atoms with E-state index in [4.69, 9.17) is 0 Å². The molecule has 1 aromatic carbocycles. The Kier molecular flexibility index (Phi) is 6.65. The highest BCUT2D eigenvalue weighted by Gasteiger charge is 2.32. The molecule has 0 bridgehead atoms. The smallest absolute Gasteiger partial charge is 0.279 e. The molecule has 1 aliphatic rings. The summed E-state index contributed by atoms with van der Waals surface area (Å²) in [6, 6.07) is 10.3. The van der Waals surface area contributed by atoms with Crippen LogP contribution in [0.25, 0.3) is 0 Å². The van der Waals surface area contributed by atoms with Gasteiger partial charge in [0.05, 0.1) is 0 Å². The van der Waals surface area contributed by atoms with Gasteiger partial charge in [0.2, 0.25) is 0 Å². The molecule has 3 atom stereocenters. The van der Waals surface area contributed by atoms with Crippen LogP contribution in [0, 0.1) is 11.8 Å². The third-order valence-corrected chi connectivity index (χ3v) is 6.27. The number of hydrogen-bond acceptors (Lipinski definition) is 3. The van der Waals surface area contributed by atoms with E-state index < -0.39 is 10.2 Å². The maximum absolute atomic E-state index is 12.7. The van der Waals surface area contributed by atoms with Gasteiger partial charge in [0.25, 0.3) is 10.2 Å². The molecule has 2 rings (SSSR count). The zero-order valence-corrected chi connectivity index (χ0v) is 16.9. The fraction of sp³-hybridized carbons (Fsp3) is 0.684. The zero-order valence-electron chi connectivity index (χ0n) is 16.1.